The molecule has 1 heterocycles. The van der Waals surface area contributed by atoms with Crippen LogP contribution in [-0.2, 0) is 9.59 Å². The second-order valence-electron chi connectivity index (χ2n) is 6.06. The molecule has 0 aromatic heterocycles. The molecule has 6 nitrogen and oxygen atoms in total. The molecule has 0 spiro atoms. The highest BCUT2D eigenvalue weighted by molar-refractivity contribution is 5.85. The number of halogens is 1. The fourth-order valence-electron chi connectivity index (χ4n) is 2.85. The fourth-order valence-corrected chi connectivity index (χ4v) is 2.85. The second kappa shape index (κ2) is 11.6. The van der Waals surface area contributed by atoms with Crippen LogP contribution in [0.2, 0.25) is 0 Å². The van der Waals surface area contributed by atoms with Crippen LogP contribution >= 0.6 is 12.4 Å². The maximum absolute atomic E-state index is 12.1. The maximum Gasteiger partial charge on any atom is 0.239 e. The highest BCUT2D eigenvalue weighted by atomic mass is 35.5. The SMILES string of the molecule is CCN(CC)CCCNC(=O)C1CCN(C(=O)C(C)N)CC1.Cl. The summed E-state index contributed by atoms with van der Waals surface area (Å²) in [6, 6.07) is -0.453. The number of carbonyl (C=O) groups is 2. The first-order chi connectivity index (χ1) is 10.5. The Labute approximate surface area is 146 Å². The van der Waals surface area contributed by atoms with Gasteiger partial charge >= 0.3 is 0 Å². The van der Waals surface area contributed by atoms with Crippen LogP contribution in [0.25, 0.3) is 0 Å². The molecule has 1 saturated heterocycles. The minimum Gasteiger partial charge on any atom is -0.356 e. The smallest absolute Gasteiger partial charge is 0.239 e. The molecule has 1 fully saturated rings. The molecule has 2 amide bonds. The molecule has 1 unspecified atom stereocenters. The summed E-state index contributed by atoms with van der Waals surface area (Å²) in [6.07, 6.45) is 2.45. The lowest BCUT2D eigenvalue weighted by molar-refractivity contribution is -0.136. The van der Waals surface area contributed by atoms with Crippen LogP contribution in [-0.4, -0.2) is 66.9 Å². The molecule has 0 radical (unpaired) electrons. The van der Waals surface area contributed by atoms with Gasteiger partial charge in [0.2, 0.25) is 11.8 Å². The topological polar surface area (TPSA) is 78.7 Å². The number of nitrogens with zero attached hydrogens (tertiary/aromatic N) is 2. The van der Waals surface area contributed by atoms with E-state index in [9.17, 15) is 9.59 Å². The third-order valence-corrected chi connectivity index (χ3v) is 4.41. The first-order valence-electron chi connectivity index (χ1n) is 8.54. The van der Waals surface area contributed by atoms with Crippen LogP contribution in [0.15, 0.2) is 0 Å². The van der Waals surface area contributed by atoms with Crippen molar-refractivity contribution in [3.8, 4) is 0 Å². The van der Waals surface area contributed by atoms with Gasteiger partial charge in [0.15, 0.2) is 0 Å². The summed E-state index contributed by atoms with van der Waals surface area (Å²) in [5.74, 6) is 0.149. The van der Waals surface area contributed by atoms with E-state index in [2.05, 4.69) is 24.1 Å². The van der Waals surface area contributed by atoms with Gasteiger partial charge in [-0.3, -0.25) is 9.59 Å². The van der Waals surface area contributed by atoms with Crippen molar-refractivity contribution in [1.82, 2.24) is 15.1 Å². The maximum atomic E-state index is 12.1. The van der Waals surface area contributed by atoms with Crippen molar-refractivity contribution < 1.29 is 9.59 Å². The van der Waals surface area contributed by atoms with Crippen LogP contribution in [0, 0.1) is 5.92 Å². The second-order valence-corrected chi connectivity index (χ2v) is 6.06. The number of nitrogens with one attached hydrogen (secondary N) is 1. The Bertz CT molecular complexity index is 354. The molecule has 3 N–H and O–H groups in total. The van der Waals surface area contributed by atoms with E-state index in [0.29, 0.717) is 13.1 Å². The van der Waals surface area contributed by atoms with Gasteiger partial charge in [-0.1, -0.05) is 13.8 Å². The summed E-state index contributed by atoms with van der Waals surface area (Å²) in [5, 5.41) is 3.03. The van der Waals surface area contributed by atoms with E-state index < -0.39 is 6.04 Å². The number of hydrogen-bond donors (Lipinski definition) is 2. The van der Waals surface area contributed by atoms with Gasteiger partial charge < -0.3 is 20.9 Å². The molecule has 1 atom stereocenters. The lowest BCUT2D eigenvalue weighted by atomic mass is 9.95. The third-order valence-electron chi connectivity index (χ3n) is 4.41. The molecule has 136 valence electrons. The largest absolute Gasteiger partial charge is 0.356 e. The van der Waals surface area contributed by atoms with Gasteiger partial charge in [-0.2, -0.15) is 0 Å². The molecular weight excluding hydrogens is 316 g/mol. The number of hydrogen-bond acceptors (Lipinski definition) is 4. The quantitative estimate of drug-likeness (QED) is 0.637. The van der Waals surface area contributed by atoms with Crippen LogP contribution in [0.4, 0.5) is 0 Å². The zero-order valence-electron chi connectivity index (χ0n) is 14.7. The summed E-state index contributed by atoms with van der Waals surface area (Å²) in [5.41, 5.74) is 5.62. The molecule has 1 aliphatic rings. The van der Waals surface area contributed by atoms with E-state index in [1.807, 2.05) is 0 Å². The number of rotatable bonds is 8. The van der Waals surface area contributed by atoms with Crippen molar-refractivity contribution >= 4 is 24.2 Å². The van der Waals surface area contributed by atoms with Crippen molar-refractivity contribution in [2.24, 2.45) is 11.7 Å². The molecule has 0 aliphatic carbocycles. The number of likely N-dealkylation sites (tertiary alicyclic amines) is 1. The molecule has 1 rings (SSSR count). The summed E-state index contributed by atoms with van der Waals surface area (Å²) < 4.78 is 0. The van der Waals surface area contributed by atoms with E-state index in [1.54, 1.807) is 11.8 Å². The Balaban J connectivity index is 0.00000484. The summed E-state index contributed by atoms with van der Waals surface area (Å²) in [4.78, 5) is 28.1. The van der Waals surface area contributed by atoms with Crippen LogP contribution in [0.1, 0.15) is 40.0 Å². The Morgan fingerprint density at radius 2 is 1.83 bits per heavy atom. The van der Waals surface area contributed by atoms with E-state index in [-0.39, 0.29) is 30.1 Å². The molecule has 1 aliphatic heterocycles. The van der Waals surface area contributed by atoms with Gasteiger partial charge in [0.1, 0.15) is 0 Å². The predicted molar refractivity (Wildman–Crippen MR) is 95.6 cm³/mol. The van der Waals surface area contributed by atoms with Crippen LogP contribution in [0.5, 0.6) is 0 Å². The van der Waals surface area contributed by atoms with Crippen LogP contribution in [0.3, 0.4) is 0 Å². The van der Waals surface area contributed by atoms with Crippen molar-refractivity contribution in [2.75, 3.05) is 39.3 Å². The number of carbonyl (C=O) groups excluding carboxylic acids is 2. The fraction of sp³-hybridized carbons (Fsp3) is 0.875. The summed E-state index contributed by atoms with van der Waals surface area (Å²) in [7, 11) is 0. The Morgan fingerprint density at radius 3 is 2.30 bits per heavy atom. The lowest BCUT2D eigenvalue weighted by Gasteiger charge is -2.32. The van der Waals surface area contributed by atoms with Gasteiger partial charge in [0.25, 0.3) is 0 Å². The van der Waals surface area contributed by atoms with Crippen molar-refractivity contribution in [1.29, 1.82) is 0 Å². The van der Waals surface area contributed by atoms with Gasteiger partial charge in [0.05, 0.1) is 6.04 Å². The molecule has 7 heteroatoms. The van der Waals surface area contributed by atoms with Crippen LogP contribution < -0.4 is 11.1 Å². The Hall–Kier alpha value is -0.850. The third kappa shape index (κ3) is 7.50. The zero-order valence-corrected chi connectivity index (χ0v) is 15.5. The van der Waals surface area contributed by atoms with Gasteiger partial charge in [0, 0.05) is 25.6 Å². The monoisotopic (exact) mass is 348 g/mol. The minimum absolute atomic E-state index is 0. The Kier molecular flexibility index (Phi) is 11.2. The minimum atomic E-state index is -0.453. The van der Waals surface area contributed by atoms with Crippen molar-refractivity contribution in [3.63, 3.8) is 0 Å². The Morgan fingerprint density at radius 1 is 1.26 bits per heavy atom. The zero-order chi connectivity index (χ0) is 16.5. The average molecular weight is 349 g/mol. The standard InChI is InChI=1S/C16H32N4O2.ClH/c1-4-19(5-2)10-6-9-18-15(21)14-7-11-20(12-8-14)16(22)13(3)17;/h13-14H,4-12,17H2,1-3H3,(H,18,21);1H. The van der Waals surface area contributed by atoms with E-state index in [0.717, 1.165) is 45.4 Å². The molecule has 23 heavy (non-hydrogen) atoms. The molecule has 0 aromatic rings. The highest BCUT2D eigenvalue weighted by Crippen LogP contribution is 2.17. The van der Waals surface area contributed by atoms with Crippen molar-refractivity contribution in [2.45, 2.75) is 46.1 Å². The first kappa shape index (κ1) is 22.1. The van der Waals surface area contributed by atoms with E-state index in [1.165, 1.54) is 0 Å². The number of piperidine rings is 1. The van der Waals surface area contributed by atoms with E-state index in [4.69, 9.17) is 5.73 Å². The number of nitrogens with two attached hydrogens (primary N) is 1. The first-order valence-corrected chi connectivity index (χ1v) is 8.54. The summed E-state index contributed by atoms with van der Waals surface area (Å²) >= 11 is 0. The molecule has 0 bridgehead atoms. The lowest BCUT2D eigenvalue weighted by Crippen LogP contribution is -2.48. The van der Waals surface area contributed by atoms with Gasteiger partial charge in [-0.15, -0.1) is 12.4 Å². The average Bonchev–Trinajstić information content (AvgIpc) is 2.54. The highest BCUT2D eigenvalue weighted by Gasteiger charge is 2.28. The number of amides is 2. The van der Waals surface area contributed by atoms with Gasteiger partial charge in [-0.25, -0.2) is 0 Å². The summed E-state index contributed by atoms with van der Waals surface area (Å²) in [6.45, 7) is 11.1. The molecular formula is C16H33ClN4O2. The van der Waals surface area contributed by atoms with E-state index >= 15 is 0 Å². The molecule has 0 saturated carbocycles. The predicted octanol–water partition coefficient (Wildman–Crippen LogP) is 0.842. The van der Waals surface area contributed by atoms with Crippen molar-refractivity contribution in [3.05, 3.63) is 0 Å². The normalized spacial score (nSPS) is 16.8. The van der Waals surface area contributed by atoms with Gasteiger partial charge in [-0.05, 0) is 45.8 Å². The molecule has 0 aromatic carbocycles.